The van der Waals surface area contributed by atoms with Crippen LogP contribution < -0.4 is 10.1 Å². The highest BCUT2D eigenvalue weighted by molar-refractivity contribution is 5.94. The second-order valence-electron chi connectivity index (χ2n) is 6.61. The van der Waals surface area contributed by atoms with E-state index in [0.29, 0.717) is 44.2 Å². The molecule has 2 atom stereocenters. The first-order chi connectivity index (χ1) is 12.7. The average Bonchev–Trinajstić information content (AvgIpc) is 3.27. The Labute approximate surface area is 150 Å². The number of nitrogens with zero attached hydrogens (tertiary/aromatic N) is 4. The molecule has 2 amide bonds. The first kappa shape index (κ1) is 16.4. The zero-order chi connectivity index (χ0) is 18.0. The van der Waals surface area contributed by atoms with Crippen LogP contribution in [-0.2, 0) is 4.79 Å². The van der Waals surface area contributed by atoms with Crippen LogP contribution in [0.25, 0.3) is 0 Å². The lowest BCUT2D eigenvalue weighted by Crippen LogP contribution is -2.41. The molecule has 2 aliphatic rings. The van der Waals surface area contributed by atoms with Crippen LogP contribution in [0.1, 0.15) is 16.9 Å². The molecule has 2 saturated heterocycles. The van der Waals surface area contributed by atoms with E-state index in [1.165, 1.54) is 12.5 Å². The van der Waals surface area contributed by atoms with E-state index in [1.807, 2.05) is 12.1 Å². The average molecular weight is 353 g/mol. The molecule has 0 saturated carbocycles. The number of carbonyl (C=O) groups is 2. The third-order valence-electron chi connectivity index (χ3n) is 5.20. The summed E-state index contributed by atoms with van der Waals surface area (Å²) in [5.74, 6) is 0.340. The lowest BCUT2D eigenvalue weighted by molar-refractivity contribution is -0.128. The van der Waals surface area contributed by atoms with Crippen molar-refractivity contribution in [1.82, 2.24) is 25.2 Å². The molecule has 0 radical (unpaired) electrons. The highest BCUT2D eigenvalue weighted by Crippen LogP contribution is 2.42. The highest BCUT2D eigenvalue weighted by Gasteiger charge is 2.55. The Morgan fingerprint density at radius 3 is 3.00 bits per heavy atom. The molecule has 2 aromatic rings. The van der Waals surface area contributed by atoms with Crippen molar-refractivity contribution >= 4 is 11.8 Å². The van der Waals surface area contributed by atoms with Crippen LogP contribution in [0.15, 0.2) is 43.0 Å². The zero-order valence-corrected chi connectivity index (χ0v) is 14.2. The summed E-state index contributed by atoms with van der Waals surface area (Å²) in [6, 6.07) is 7.05. The fourth-order valence-electron chi connectivity index (χ4n) is 3.71. The number of amides is 2. The summed E-state index contributed by atoms with van der Waals surface area (Å²) in [5, 5.41) is 2.93. The van der Waals surface area contributed by atoms with E-state index in [2.05, 4.69) is 20.3 Å². The monoisotopic (exact) mass is 353 g/mol. The van der Waals surface area contributed by atoms with Gasteiger partial charge in [-0.15, -0.1) is 0 Å². The summed E-state index contributed by atoms with van der Waals surface area (Å²) in [7, 11) is 0. The van der Waals surface area contributed by atoms with Crippen molar-refractivity contribution in [3.05, 3.63) is 48.7 Å². The first-order valence-corrected chi connectivity index (χ1v) is 8.56. The van der Waals surface area contributed by atoms with Crippen molar-refractivity contribution < 1.29 is 14.3 Å². The maximum absolute atomic E-state index is 12.6. The van der Waals surface area contributed by atoms with Gasteiger partial charge in [0.15, 0.2) is 0 Å². The van der Waals surface area contributed by atoms with E-state index in [4.69, 9.17) is 4.74 Å². The molecular weight excluding hydrogens is 334 g/mol. The van der Waals surface area contributed by atoms with Crippen molar-refractivity contribution in [1.29, 1.82) is 0 Å². The molecule has 2 aliphatic heterocycles. The molecule has 2 fully saturated rings. The second kappa shape index (κ2) is 6.70. The van der Waals surface area contributed by atoms with Crippen LogP contribution in [0.2, 0.25) is 0 Å². The lowest BCUT2D eigenvalue weighted by atomic mass is 9.77. The van der Waals surface area contributed by atoms with Gasteiger partial charge in [0.05, 0.1) is 12.0 Å². The Kier molecular flexibility index (Phi) is 4.24. The summed E-state index contributed by atoms with van der Waals surface area (Å²) in [6.45, 7) is 1.82. The number of aromatic nitrogens is 3. The quantitative estimate of drug-likeness (QED) is 0.861. The van der Waals surface area contributed by atoms with Gasteiger partial charge in [0.25, 0.3) is 5.91 Å². The number of hydrogen-bond acceptors (Lipinski definition) is 6. The Balaban J connectivity index is 1.47. The molecule has 134 valence electrons. The summed E-state index contributed by atoms with van der Waals surface area (Å²) >= 11 is 0. The zero-order valence-electron chi connectivity index (χ0n) is 14.2. The molecule has 0 aliphatic carbocycles. The molecular formula is C18H19N5O3. The molecule has 1 N–H and O–H groups in total. The van der Waals surface area contributed by atoms with E-state index >= 15 is 0 Å². The molecule has 8 heteroatoms. The summed E-state index contributed by atoms with van der Waals surface area (Å²) in [6.07, 6.45) is 5.18. The number of likely N-dealkylation sites (tertiary alicyclic amines) is 1. The Morgan fingerprint density at radius 1 is 1.31 bits per heavy atom. The van der Waals surface area contributed by atoms with Crippen molar-refractivity contribution in [2.75, 3.05) is 26.2 Å². The van der Waals surface area contributed by atoms with Gasteiger partial charge in [0.1, 0.15) is 12.0 Å². The first-order valence-electron chi connectivity index (χ1n) is 8.56. The van der Waals surface area contributed by atoms with E-state index in [-0.39, 0.29) is 17.7 Å². The summed E-state index contributed by atoms with van der Waals surface area (Å²) < 4.78 is 5.78. The largest absolute Gasteiger partial charge is 0.477 e. The fourth-order valence-corrected chi connectivity index (χ4v) is 3.71. The van der Waals surface area contributed by atoms with Gasteiger partial charge in [-0.1, -0.05) is 6.07 Å². The Hall–Kier alpha value is -3.03. The molecule has 4 rings (SSSR count). The minimum absolute atomic E-state index is 0.00916. The van der Waals surface area contributed by atoms with E-state index in [1.54, 1.807) is 23.2 Å². The maximum Gasteiger partial charge on any atom is 0.272 e. The van der Waals surface area contributed by atoms with Crippen LogP contribution in [0.4, 0.5) is 0 Å². The van der Waals surface area contributed by atoms with Crippen molar-refractivity contribution in [2.24, 2.45) is 11.3 Å². The number of carbonyl (C=O) groups excluding carboxylic acids is 2. The van der Waals surface area contributed by atoms with Gasteiger partial charge >= 0.3 is 0 Å². The number of nitrogens with one attached hydrogen (secondary N) is 1. The van der Waals surface area contributed by atoms with Crippen molar-refractivity contribution in [3.8, 4) is 5.88 Å². The number of hydrogen-bond donors (Lipinski definition) is 1. The third kappa shape index (κ3) is 2.87. The predicted molar refractivity (Wildman–Crippen MR) is 91.2 cm³/mol. The fraction of sp³-hybridized carbons (Fsp3) is 0.389. The minimum atomic E-state index is -0.614. The van der Waals surface area contributed by atoms with Gasteiger partial charge in [0.2, 0.25) is 11.8 Å². The van der Waals surface area contributed by atoms with Crippen LogP contribution in [0, 0.1) is 11.3 Å². The smallest absolute Gasteiger partial charge is 0.272 e. The topological polar surface area (TPSA) is 97.3 Å². The van der Waals surface area contributed by atoms with E-state index in [9.17, 15) is 9.59 Å². The van der Waals surface area contributed by atoms with Crippen LogP contribution >= 0.6 is 0 Å². The van der Waals surface area contributed by atoms with E-state index in [0.717, 1.165) is 0 Å². The number of pyridine rings is 1. The molecule has 0 unspecified atom stereocenters. The summed E-state index contributed by atoms with van der Waals surface area (Å²) in [4.78, 5) is 38.9. The normalized spacial score (nSPS) is 24.7. The Bertz CT molecular complexity index is 801. The van der Waals surface area contributed by atoms with Crippen LogP contribution in [-0.4, -0.2) is 57.9 Å². The maximum atomic E-state index is 12.6. The van der Waals surface area contributed by atoms with Gasteiger partial charge in [0, 0.05) is 44.0 Å². The highest BCUT2D eigenvalue weighted by atomic mass is 16.5. The standard InChI is InChI=1S/C18H19N5O3/c24-16(14-4-7-19-12-22-14)23-8-5-18(11-23)13(9-21-17(18)25)10-26-15-3-1-2-6-20-15/h1-4,6-7,12-13H,5,8-11H2,(H,21,25)/t13-,18-/m0/s1. The molecule has 0 bridgehead atoms. The van der Waals surface area contributed by atoms with Crippen LogP contribution in [0.3, 0.4) is 0 Å². The summed E-state index contributed by atoms with van der Waals surface area (Å²) in [5.41, 5.74) is -0.269. The minimum Gasteiger partial charge on any atom is -0.477 e. The molecule has 2 aromatic heterocycles. The predicted octanol–water partition coefficient (Wildman–Crippen LogP) is 0.529. The van der Waals surface area contributed by atoms with Gasteiger partial charge < -0.3 is 15.0 Å². The second-order valence-corrected chi connectivity index (χ2v) is 6.61. The van der Waals surface area contributed by atoms with E-state index < -0.39 is 5.41 Å². The van der Waals surface area contributed by atoms with Crippen LogP contribution in [0.5, 0.6) is 5.88 Å². The van der Waals surface area contributed by atoms with Gasteiger partial charge in [-0.3, -0.25) is 9.59 Å². The Morgan fingerprint density at radius 2 is 2.23 bits per heavy atom. The number of rotatable bonds is 4. The molecule has 8 nitrogen and oxygen atoms in total. The van der Waals surface area contributed by atoms with Gasteiger partial charge in [-0.05, 0) is 18.6 Å². The SMILES string of the molecule is O=C(c1ccncn1)N1CC[C@@]2(C1)C(=O)NC[C@H]2COc1ccccn1. The van der Waals surface area contributed by atoms with Crippen molar-refractivity contribution in [2.45, 2.75) is 6.42 Å². The van der Waals surface area contributed by atoms with Crippen molar-refractivity contribution in [3.63, 3.8) is 0 Å². The lowest BCUT2D eigenvalue weighted by Gasteiger charge is -2.27. The molecule has 0 aromatic carbocycles. The third-order valence-corrected chi connectivity index (χ3v) is 5.20. The van der Waals surface area contributed by atoms with Gasteiger partial charge in [-0.2, -0.15) is 0 Å². The molecule has 26 heavy (non-hydrogen) atoms. The molecule has 1 spiro atoms. The number of ether oxygens (including phenoxy) is 1. The van der Waals surface area contributed by atoms with Gasteiger partial charge in [-0.25, -0.2) is 15.0 Å². The molecule has 4 heterocycles.